The molecule has 6 nitrogen and oxygen atoms in total. The van der Waals surface area contributed by atoms with Gasteiger partial charge in [0.2, 0.25) is 5.91 Å². The van der Waals surface area contributed by atoms with E-state index in [-0.39, 0.29) is 30.4 Å². The summed E-state index contributed by atoms with van der Waals surface area (Å²) >= 11 is 0. The van der Waals surface area contributed by atoms with Crippen molar-refractivity contribution in [2.24, 2.45) is 23.2 Å². The van der Waals surface area contributed by atoms with E-state index in [9.17, 15) is 14.4 Å². The highest BCUT2D eigenvalue weighted by Crippen LogP contribution is 2.60. The molecule has 0 atom stereocenters. The SMILES string of the molecule is Cc1ccc(CNC(=O)COC(=O)CNC(=O)C23CC4CC(CC(C4)C2)C3)cc1. The molecule has 0 saturated heterocycles. The fraction of sp³-hybridized carbons (Fsp3) is 0.609. The predicted octanol–water partition coefficient (Wildman–Crippen LogP) is 2.49. The highest BCUT2D eigenvalue weighted by Gasteiger charge is 2.54. The van der Waals surface area contributed by atoms with Crippen LogP contribution in [0.25, 0.3) is 0 Å². The summed E-state index contributed by atoms with van der Waals surface area (Å²) in [7, 11) is 0. The summed E-state index contributed by atoms with van der Waals surface area (Å²) < 4.78 is 5.01. The number of ether oxygens (including phenoxy) is 1. The number of esters is 1. The van der Waals surface area contributed by atoms with Gasteiger partial charge >= 0.3 is 5.97 Å². The molecule has 29 heavy (non-hydrogen) atoms. The molecule has 1 aromatic carbocycles. The number of hydrogen-bond donors (Lipinski definition) is 2. The lowest BCUT2D eigenvalue weighted by Gasteiger charge is -2.55. The zero-order valence-electron chi connectivity index (χ0n) is 17.0. The average molecular weight is 399 g/mol. The maximum Gasteiger partial charge on any atom is 0.325 e. The van der Waals surface area contributed by atoms with Crippen molar-refractivity contribution in [3.63, 3.8) is 0 Å². The van der Waals surface area contributed by atoms with Crippen molar-refractivity contribution in [2.75, 3.05) is 13.2 Å². The lowest BCUT2D eigenvalue weighted by molar-refractivity contribution is -0.152. The predicted molar refractivity (Wildman–Crippen MR) is 108 cm³/mol. The second kappa shape index (κ2) is 8.17. The van der Waals surface area contributed by atoms with E-state index in [2.05, 4.69) is 10.6 Å². The minimum absolute atomic E-state index is 0.00243. The van der Waals surface area contributed by atoms with E-state index < -0.39 is 5.97 Å². The molecule has 6 heteroatoms. The van der Waals surface area contributed by atoms with Crippen LogP contribution in [0.4, 0.5) is 0 Å². The van der Waals surface area contributed by atoms with Gasteiger partial charge in [-0.05, 0) is 68.8 Å². The Balaban J connectivity index is 1.17. The fourth-order valence-electron chi connectivity index (χ4n) is 5.88. The molecule has 0 aromatic heterocycles. The third kappa shape index (κ3) is 4.62. The second-order valence-corrected chi connectivity index (χ2v) is 9.30. The quantitative estimate of drug-likeness (QED) is 0.691. The molecule has 0 radical (unpaired) electrons. The van der Waals surface area contributed by atoms with Gasteiger partial charge in [0.25, 0.3) is 5.91 Å². The van der Waals surface area contributed by atoms with Gasteiger partial charge in [0.15, 0.2) is 6.61 Å². The smallest absolute Gasteiger partial charge is 0.325 e. The molecule has 0 heterocycles. The first-order chi connectivity index (χ1) is 13.9. The molecule has 4 bridgehead atoms. The Morgan fingerprint density at radius 3 is 2.14 bits per heavy atom. The lowest BCUT2D eigenvalue weighted by Crippen LogP contribution is -2.54. The average Bonchev–Trinajstić information content (AvgIpc) is 2.69. The zero-order chi connectivity index (χ0) is 20.4. The number of carbonyl (C=O) groups excluding carboxylic acids is 3. The third-order valence-corrected chi connectivity index (χ3v) is 6.89. The van der Waals surface area contributed by atoms with Gasteiger partial charge in [0, 0.05) is 12.0 Å². The molecule has 4 saturated carbocycles. The first kappa shape index (κ1) is 19.9. The van der Waals surface area contributed by atoms with Crippen molar-refractivity contribution < 1.29 is 19.1 Å². The molecule has 0 spiro atoms. The Morgan fingerprint density at radius 1 is 0.966 bits per heavy atom. The van der Waals surface area contributed by atoms with Crippen molar-refractivity contribution >= 4 is 17.8 Å². The Hall–Kier alpha value is -2.37. The van der Waals surface area contributed by atoms with Gasteiger partial charge < -0.3 is 15.4 Å². The van der Waals surface area contributed by atoms with Crippen molar-refractivity contribution in [1.29, 1.82) is 0 Å². The van der Waals surface area contributed by atoms with E-state index in [0.29, 0.717) is 24.3 Å². The van der Waals surface area contributed by atoms with Gasteiger partial charge in [-0.1, -0.05) is 29.8 Å². The summed E-state index contributed by atoms with van der Waals surface area (Å²) in [6.45, 7) is 1.88. The number of rotatable bonds is 7. The van der Waals surface area contributed by atoms with E-state index in [1.165, 1.54) is 19.3 Å². The Kier molecular flexibility index (Phi) is 5.61. The normalized spacial score (nSPS) is 29.3. The maximum atomic E-state index is 12.8. The van der Waals surface area contributed by atoms with Crippen molar-refractivity contribution in [2.45, 2.75) is 52.0 Å². The van der Waals surface area contributed by atoms with Crippen LogP contribution in [0.3, 0.4) is 0 Å². The maximum absolute atomic E-state index is 12.8. The molecular formula is C23H30N2O4. The van der Waals surface area contributed by atoms with Crippen LogP contribution < -0.4 is 10.6 Å². The highest BCUT2D eigenvalue weighted by molar-refractivity contribution is 5.87. The molecule has 4 aliphatic rings. The van der Waals surface area contributed by atoms with Crippen LogP contribution >= 0.6 is 0 Å². The van der Waals surface area contributed by atoms with Gasteiger partial charge in [-0.3, -0.25) is 14.4 Å². The summed E-state index contributed by atoms with van der Waals surface area (Å²) in [6.07, 6.45) is 6.69. The van der Waals surface area contributed by atoms with Gasteiger partial charge in [-0.15, -0.1) is 0 Å². The van der Waals surface area contributed by atoms with Crippen LogP contribution in [0, 0.1) is 30.1 Å². The molecule has 156 valence electrons. The van der Waals surface area contributed by atoms with Crippen LogP contribution in [0.15, 0.2) is 24.3 Å². The standard InChI is InChI=1S/C23H30N2O4/c1-15-2-4-16(5-3-15)12-24-20(26)14-29-21(27)13-25-22(28)23-9-17-6-18(10-23)8-19(7-17)11-23/h2-5,17-19H,6-14H2,1H3,(H,24,26)(H,25,28). The molecule has 4 fully saturated rings. The largest absolute Gasteiger partial charge is 0.454 e. The van der Waals surface area contributed by atoms with Gasteiger partial charge in [-0.2, -0.15) is 0 Å². The zero-order valence-corrected chi connectivity index (χ0v) is 17.0. The van der Waals surface area contributed by atoms with Gasteiger partial charge in [0.05, 0.1) is 0 Å². The lowest BCUT2D eigenvalue weighted by atomic mass is 9.49. The highest BCUT2D eigenvalue weighted by atomic mass is 16.5. The third-order valence-electron chi connectivity index (χ3n) is 6.89. The number of carbonyl (C=O) groups is 3. The minimum Gasteiger partial charge on any atom is -0.454 e. The summed E-state index contributed by atoms with van der Waals surface area (Å²) in [6, 6.07) is 7.85. The van der Waals surface area contributed by atoms with E-state index >= 15 is 0 Å². The summed E-state index contributed by atoms with van der Waals surface area (Å²) in [5.74, 6) is 1.10. The summed E-state index contributed by atoms with van der Waals surface area (Å²) in [5, 5.41) is 5.51. The van der Waals surface area contributed by atoms with E-state index in [0.717, 1.165) is 30.4 Å². The Morgan fingerprint density at radius 2 is 1.55 bits per heavy atom. The van der Waals surface area contributed by atoms with Crippen LogP contribution in [-0.4, -0.2) is 30.9 Å². The number of benzene rings is 1. The summed E-state index contributed by atoms with van der Waals surface area (Å²) in [5.41, 5.74) is 1.86. The summed E-state index contributed by atoms with van der Waals surface area (Å²) in [4.78, 5) is 36.7. The monoisotopic (exact) mass is 398 g/mol. The van der Waals surface area contributed by atoms with Crippen molar-refractivity contribution in [1.82, 2.24) is 10.6 Å². The van der Waals surface area contributed by atoms with Crippen molar-refractivity contribution in [3.8, 4) is 0 Å². The minimum atomic E-state index is -0.575. The number of aryl methyl sites for hydroxylation is 1. The first-order valence-corrected chi connectivity index (χ1v) is 10.7. The van der Waals surface area contributed by atoms with Gasteiger partial charge in [-0.25, -0.2) is 0 Å². The van der Waals surface area contributed by atoms with E-state index in [4.69, 9.17) is 4.74 Å². The van der Waals surface area contributed by atoms with E-state index in [1.54, 1.807) is 0 Å². The van der Waals surface area contributed by atoms with Gasteiger partial charge in [0.1, 0.15) is 6.54 Å². The first-order valence-electron chi connectivity index (χ1n) is 10.7. The fourth-order valence-corrected chi connectivity index (χ4v) is 5.88. The van der Waals surface area contributed by atoms with E-state index in [1.807, 2.05) is 31.2 Å². The van der Waals surface area contributed by atoms with Crippen LogP contribution in [-0.2, 0) is 25.7 Å². The molecule has 0 unspecified atom stereocenters. The number of nitrogens with one attached hydrogen (secondary N) is 2. The Bertz CT molecular complexity index is 751. The molecule has 0 aliphatic heterocycles. The Labute approximate surface area is 171 Å². The topological polar surface area (TPSA) is 84.5 Å². The molecule has 1 aromatic rings. The van der Waals surface area contributed by atoms with Crippen LogP contribution in [0.5, 0.6) is 0 Å². The van der Waals surface area contributed by atoms with Crippen LogP contribution in [0.1, 0.15) is 49.7 Å². The molecule has 2 N–H and O–H groups in total. The molecular weight excluding hydrogens is 368 g/mol. The molecule has 5 rings (SSSR count). The number of amides is 2. The van der Waals surface area contributed by atoms with Crippen LogP contribution in [0.2, 0.25) is 0 Å². The number of hydrogen-bond acceptors (Lipinski definition) is 4. The molecule has 2 amide bonds. The molecule has 4 aliphatic carbocycles. The van der Waals surface area contributed by atoms with Crippen molar-refractivity contribution in [3.05, 3.63) is 35.4 Å². The second-order valence-electron chi connectivity index (χ2n) is 9.30.